The van der Waals surface area contributed by atoms with Crippen LogP contribution in [0.25, 0.3) is 11.3 Å². The van der Waals surface area contributed by atoms with E-state index < -0.39 is 11.7 Å². The highest BCUT2D eigenvalue weighted by molar-refractivity contribution is 6.03. The predicted octanol–water partition coefficient (Wildman–Crippen LogP) is 6.51. The molecule has 0 bridgehead atoms. The highest BCUT2D eigenvalue weighted by Crippen LogP contribution is 2.34. The smallest absolute Gasteiger partial charge is 0.382 e. The summed E-state index contributed by atoms with van der Waals surface area (Å²) in [6, 6.07) is 16.1. The first kappa shape index (κ1) is 25.5. The van der Waals surface area contributed by atoms with Crippen LogP contribution in [0.1, 0.15) is 37.8 Å². The molecule has 4 rings (SSSR count). The summed E-state index contributed by atoms with van der Waals surface area (Å²) in [7, 11) is 0. The number of anilines is 3. The zero-order chi connectivity index (χ0) is 25.7. The number of hydrogen-bond acceptors (Lipinski definition) is 4. The molecule has 0 saturated heterocycles. The average Bonchev–Trinajstić information content (AvgIpc) is 2.83. The number of hydrogen-bond donors (Lipinski definition) is 3. The molecule has 3 N–H and O–H groups in total. The molecule has 0 saturated carbocycles. The summed E-state index contributed by atoms with van der Waals surface area (Å²) in [5.41, 5.74) is 2.38. The zero-order valence-electron chi connectivity index (χ0n) is 20.3. The Kier molecular flexibility index (Phi) is 7.79. The third kappa shape index (κ3) is 6.34. The van der Waals surface area contributed by atoms with Gasteiger partial charge in [-0.15, -0.1) is 0 Å². The number of amides is 2. The predicted molar refractivity (Wildman–Crippen MR) is 137 cm³/mol. The molecule has 0 unspecified atom stereocenters. The minimum Gasteiger partial charge on any atom is -0.382 e. The number of alkyl halides is 3. The van der Waals surface area contributed by atoms with Crippen molar-refractivity contribution in [3.05, 3.63) is 71.8 Å². The third-order valence-corrected chi connectivity index (χ3v) is 5.91. The average molecular weight is 498 g/mol. The number of pyridine rings is 1. The first-order chi connectivity index (χ1) is 17.2. The highest BCUT2D eigenvalue weighted by Gasteiger charge is 2.31. The van der Waals surface area contributed by atoms with Crippen LogP contribution in [0.5, 0.6) is 0 Å². The van der Waals surface area contributed by atoms with Gasteiger partial charge in [-0.1, -0.05) is 38.1 Å². The molecule has 2 heterocycles. The van der Waals surface area contributed by atoms with Crippen molar-refractivity contribution in [1.29, 1.82) is 0 Å². The molecule has 0 atom stereocenters. The molecule has 1 aliphatic heterocycles. The first-order valence-corrected chi connectivity index (χ1v) is 12.0. The standard InChI is InChI=1S/C27H30F3N5O/c1-18(2)32-17-19-8-10-22(11-9-19)33-26(36)35-15-4-3-14-31-24-13-12-23(34-25(24)35)20-6-5-7-21(16-20)27(28,29)30/h5-13,16,18,31-32H,3-4,14-15,17H2,1-2H3,(H,33,36). The van der Waals surface area contributed by atoms with E-state index in [2.05, 4.69) is 34.8 Å². The van der Waals surface area contributed by atoms with E-state index in [0.29, 0.717) is 41.0 Å². The maximum atomic E-state index is 13.3. The lowest BCUT2D eigenvalue weighted by molar-refractivity contribution is -0.137. The van der Waals surface area contributed by atoms with Gasteiger partial charge in [-0.25, -0.2) is 9.78 Å². The van der Waals surface area contributed by atoms with Crippen molar-refractivity contribution in [2.45, 2.75) is 45.5 Å². The lowest BCUT2D eigenvalue weighted by Gasteiger charge is -2.27. The van der Waals surface area contributed by atoms with Gasteiger partial charge in [-0.05, 0) is 54.8 Å². The van der Waals surface area contributed by atoms with Crippen LogP contribution >= 0.6 is 0 Å². The number of carbonyl (C=O) groups is 1. The number of carbonyl (C=O) groups excluding carboxylic acids is 1. The molecular weight excluding hydrogens is 467 g/mol. The van der Waals surface area contributed by atoms with Crippen LogP contribution in [0.3, 0.4) is 0 Å². The van der Waals surface area contributed by atoms with Crippen molar-refractivity contribution in [3.8, 4) is 11.3 Å². The molecule has 0 aliphatic carbocycles. The minimum atomic E-state index is -4.45. The number of nitrogens with zero attached hydrogens (tertiary/aromatic N) is 2. The number of nitrogens with one attached hydrogen (secondary N) is 3. The third-order valence-electron chi connectivity index (χ3n) is 5.91. The first-order valence-electron chi connectivity index (χ1n) is 12.0. The van der Waals surface area contributed by atoms with Gasteiger partial charge < -0.3 is 16.0 Å². The highest BCUT2D eigenvalue weighted by atomic mass is 19.4. The van der Waals surface area contributed by atoms with Gasteiger partial charge in [0.15, 0.2) is 5.82 Å². The molecule has 1 aliphatic rings. The Labute approximate surface area is 208 Å². The van der Waals surface area contributed by atoms with Gasteiger partial charge in [0.05, 0.1) is 16.9 Å². The number of aromatic nitrogens is 1. The molecule has 190 valence electrons. The Balaban J connectivity index is 1.59. The Morgan fingerprint density at radius 1 is 1.08 bits per heavy atom. The molecule has 36 heavy (non-hydrogen) atoms. The molecule has 2 amide bonds. The van der Waals surface area contributed by atoms with Crippen LogP contribution < -0.4 is 20.9 Å². The van der Waals surface area contributed by atoms with Gasteiger partial charge in [0, 0.05) is 36.9 Å². The zero-order valence-corrected chi connectivity index (χ0v) is 20.3. The van der Waals surface area contributed by atoms with Gasteiger partial charge in [0.2, 0.25) is 0 Å². The summed E-state index contributed by atoms with van der Waals surface area (Å²) in [5.74, 6) is 0.389. The second-order valence-electron chi connectivity index (χ2n) is 9.09. The van der Waals surface area contributed by atoms with Crippen molar-refractivity contribution in [3.63, 3.8) is 0 Å². The molecule has 0 fully saturated rings. The number of halogens is 3. The van der Waals surface area contributed by atoms with Gasteiger partial charge in [0.1, 0.15) is 0 Å². The number of benzene rings is 2. The Morgan fingerprint density at radius 2 is 1.86 bits per heavy atom. The van der Waals surface area contributed by atoms with E-state index in [0.717, 1.165) is 43.6 Å². The van der Waals surface area contributed by atoms with Gasteiger partial charge in [0.25, 0.3) is 0 Å². The summed E-state index contributed by atoms with van der Waals surface area (Å²) in [5, 5.41) is 9.57. The van der Waals surface area contributed by atoms with E-state index in [9.17, 15) is 18.0 Å². The van der Waals surface area contributed by atoms with Crippen molar-refractivity contribution in [2.24, 2.45) is 0 Å². The normalized spacial score (nSPS) is 14.0. The van der Waals surface area contributed by atoms with E-state index in [1.807, 2.05) is 24.3 Å². The Hall–Kier alpha value is -3.59. The maximum Gasteiger partial charge on any atom is 0.416 e. The summed E-state index contributed by atoms with van der Waals surface area (Å²) < 4.78 is 39.7. The van der Waals surface area contributed by atoms with Gasteiger partial charge in [-0.3, -0.25) is 4.90 Å². The molecule has 0 radical (unpaired) electrons. The van der Waals surface area contributed by atoms with E-state index in [1.54, 1.807) is 23.1 Å². The van der Waals surface area contributed by atoms with E-state index >= 15 is 0 Å². The van der Waals surface area contributed by atoms with Gasteiger partial charge in [-0.2, -0.15) is 13.2 Å². The molecule has 2 aromatic carbocycles. The molecule has 0 spiro atoms. The summed E-state index contributed by atoms with van der Waals surface area (Å²) >= 11 is 0. The molecule has 1 aromatic heterocycles. The van der Waals surface area contributed by atoms with Crippen LogP contribution in [0.2, 0.25) is 0 Å². The van der Waals surface area contributed by atoms with Crippen molar-refractivity contribution < 1.29 is 18.0 Å². The van der Waals surface area contributed by atoms with Crippen LogP contribution in [0.4, 0.5) is 35.2 Å². The fourth-order valence-corrected chi connectivity index (χ4v) is 3.95. The SMILES string of the molecule is CC(C)NCc1ccc(NC(=O)N2CCCCNc3ccc(-c4cccc(C(F)(F)F)c4)nc32)cc1. The molecule has 6 nitrogen and oxygen atoms in total. The van der Waals surface area contributed by atoms with E-state index in [-0.39, 0.29) is 6.03 Å². The second-order valence-corrected chi connectivity index (χ2v) is 9.09. The van der Waals surface area contributed by atoms with Crippen LogP contribution in [-0.2, 0) is 12.7 Å². The summed E-state index contributed by atoms with van der Waals surface area (Å²) in [6.45, 7) is 6.06. The van der Waals surface area contributed by atoms with Crippen molar-refractivity contribution >= 4 is 23.2 Å². The molecular formula is C27H30F3N5O. The van der Waals surface area contributed by atoms with Crippen LogP contribution in [0.15, 0.2) is 60.7 Å². The van der Waals surface area contributed by atoms with Crippen molar-refractivity contribution in [1.82, 2.24) is 10.3 Å². The van der Waals surface area contributed by atoms with E-state index in [1.165, 1.54) is 6.07 Å². The monoisotopic (exact) mass is 497 g/mol. The maximum absolute atomic E-state index is 13.3. The largest absolute Gasteiger partial charge is 0.416 e. The number of rotatable bonds is 5. The van der Waals surface area contributed by atoms with Crippen LogP contribution in [0, 0.1) is 0 Å². The van der Waals surface area contributed by atoms with Crippen molar-refractivity contribution in [2.75, 3.05) is 28.6 Å². The van der Waals surface area contributed by atoms with E-state index in [4.69, 9.17) is 0 Å². The van der Waals surface area contributed by atoms with Crippen LogP contribution in [-0.4, -0.2) is 30.1 Å². The summed E-state index contributed by atoms with van der Waals surface area (Å²) in [6.07, 6.45) is -2.82. The Morgan fingerprint density at radius 3 is 2.58 bits per heavy atom. The molecule has 9 heteroatoms. The molecule has 3 aromatic rings. The van der Waals surface area contributed by atoms with Gasteiger partial charge >= 0.3 is 12.2 Å². The summed E-state index contributed by atoms with van der Waals surface area (Å²) in [4.78, 5) is 19.5. The minimum absolute atomic E-state index is 0.334. The topological polar surface area (TPSA) is 69.3 Å². The Bertz CT molecular complexity index is 1190. The second kappa shape index (κ2) is 11.0. The fraction of sp³-hybridized carbons (Fsp3) is 0.333. The number of urea groups is 1. The lowest BCUT2D eigenvalue weighted by Crippen LogP contribution is -2.38. The fourth-order valence-electron chi connectivity index (χ4n) is 3.95. The number of fused-ring (bicyclic) bond motifs is 1. The lowest BCUT2D eigenvalue weighted by atomic mass is 10.1. The quantitative estimate of drug-likeness (QED) is 0.376.